The largest absolute Gasteiger partial charge is 0.480 e. The number of imidazole rings is 2. The molecule has 11 nitrogen and oxygen atoms in total. The molecule has 0 aliphatic carbocycles. The molecule has 11 heteroatoms. The Morgan fingerprint density at radius 3 is 2.52 bits per heavy atom. The van der Waals surface area contributed by atoms with Gasteiger partial charge in [-0.3, -0.25) is 0 Å². The van der Waals surface area contributed by atoms with E-state index in [0.29, 0.717) is 11.3 Å². The molecule has 0 unspecified atom stereocenters. The zero-order valence-electron chi connectivity index (χ0n) is 18.5. The van der Waals surface area contributed by atoms with Crippen molar-refractivity contribution in [3.63, 3.8) is 0 Å². The number of carboxylic acid groups (broad SMARTS) is 1. The number of carbonyl (C=O) groups is 3. The minimum Gasteiger partial charge on any atom is -0.480 e. The van der Waals surface area contributed by atoms with Crippen LogP contribution in [0.5, 0.6) is 0 Å². The Bertz CT molecular complexity index is 1090. The molecule has 1 amide bonds. The summed E-state index contributed by atoms with van der Waals surface area (Å²) >= 11 is 0. The van der Waals surface area contributed by atoms with Crippen LogP contribution in [-0.2, 0) is 27.3 Å². The summed E-state index contributed by atoms with van der Waals surface area (Å²) in [6.45, 7) is 4.95. The van der Waals surface area contributed by atoms with E-state index in [9.17, 15) is 19.5 Å². The van der Waals surface area contributed by atoms with E-state index in [4.69, 9.17) is 9.47 Å². The molecule has 0 saturated heterocycles. The van der Waals surface area contributed by atoms with Gasteiger partial charge in [-0.05, 0) is 26.3 Å². The van der Waals surface area contributed by atoms with E-state index >= 15 is 0 Å². The monoisotopic (exact) mass is 455 g/mol. The fourth-order valence-corrected chi connectivity index (χ4v) is 2.97. The van der Waals surface area contributed by atoms with Crippen molar-refractivity contribution in [1.82, 2.24) is 19.6 Å². The molecular formula is C22H25N5O6. The minimum atomic E-state index is -1.45. The number of esters is 1. The minimum absolute atomic E-state index is 0.0958. The Kier molecular flexibility index (Phi) is 7.11. The Morgan fingerprint density at radius 1 is 1.18 bits per heavy atom. The normalized spacial score (nSPS) is 12.1. The third kappa shape index (κ3) is 6.19. The van der Waals surface area contributed by atoms with Gasteiger partial charge in [-0.2, -0.15) is 5.01 Å². The first-order valence-electron chi connectivity index (χ1n) is 10.1. The summed E-state index contributed by atoms with van der Waals surface area (Å²) < 4.78 is 11.8. The van der Waals surface area contributed by atoms with E-state index in [1.165, 1.54) is 24.9 Å². The quantitative estimate of drug-likeness (QED) is 0.494. The van der Waals surface area contributed by atoms with Gasteiger partial charge >= 0.3 is 18.0 Å². The molecule has 2 N–H and O–H groups in total. The molecule has 33 heavy (non-hydrogen) atoms. The first-order valence-corrected chi connectivity index (χ1v) is 10.1. The standard InChI is InChI=1S/C22H25N5O6/c1-22(2,3)33-20(30)18-24-9-10-26(18)27(17(19(28)29)11-16-12-23-14-25-16)21(31)32-13-15-7-5-4-6-8-15/h4-10,12,14,17H,11,13H2,1-3H3,(H,23,25)(H,28,29)/t17-/m0/s1. The number of H-pyrrole nitrogens is 1. The Labute approximate surface area is 189 Å². The van der Waals surface area contributed by atoms with Gasteiger partial charge in [0.1, 0.15) is 12.2 Å². The Balaban J connectivity index is 1.96. The molecule has 1 atom stereocenters. The summed E-state index contributed by atoms with van der Waals surface area (Å²) in [6, 6.07) is 7.47. The van der Waals surface area contributed by atoms with E-state index in [-0.39, 0.29) is 18.9 Å². The van der Waals surface area contributed by atoms with Crippen molar-refractivity contribution in [3.8, 4) is 0 Å². The lowest BCUT2D eigenvalue weighted by Gasteiger charge is -2.29. The highest BCUT2D eigenvalue weighted by Crippen LogP contribution is 2.16. The SMILES string of the molecule is CC(C)(C)OC(=O)c1nccn1N(C(=O)OCc1ccccc1)[C@@H](Cc1c[nH]cn1)C(=O)O. The van der Waals surface area contributed by atoms with Gasteiger partial charge in [-0.1, -0.05) is 30.3 Å². The predicted octanol–water partition coefficient (Wildman–Crippen LogP) is 2.53. The number of aromatic nitrogens is 4. The van der Waals surface area contributed by atoms with Crippen molar-refractivity contribution in [3.05, 3.63) is 72.3 Å². The number of benzene rings is 1. The molecule has 0 spiro atoms. The van der Waals surface area contributed by atoms with Gasteiger partial charge in [-0.15, -0.1) is 0 Å². The van der Waals surface area contributed by atoms with E-state index in [2.05, 4.69) is 15.0 Å². The third-order valence-corrected chi connectivity index (χ3v) is 4.37. The first-order chi connectivity index (χ1) is 15.7. The van der Waals surface area contributed by atoms with E-state index < -0.39 is 29.7 Å². The highest BCUT2D eigenvalue weighted by atomic mass is 16.6. The number of rotatable bonds is 8. The number of ether oxygens (including phenoxy) is 2. The summed E-state index contributed by atoms with van der Waals surface area (Å²) in [5, 5.41) is 10.8. The van der Waals surface area contributed by atoms with Gasteiger partial charge in [0, 0.05) is 25.0 Å². The second kappa shape index (κ2) is 9.98. The Hall–Kier alpha value is -4.15. The molecule has 0 bridgehead atoms. The van der Waals surface area contributed by atoms with Crippen molar-refractivity contribution < 1.29 is 29.0 Å². The molecule has 3 aromatic rings. The highest BCUT2D eigenvalue weighted by Gasteiger charge is 2.36. The van der Waals surface area contributed by atoms with Gasteiger partial charge < -0.3 is 19.6 Å². The van der Waals surface area contributed by atoms with Crippen molar-refractivity contribution in [1.29, 1.82) is 0 Å². The van der Waals surface area contributed by atoms with Crippen LogP contribution in [0.2, 0.25) is 0 Å². The van der Waals surface area contributed by atoms with Gasteiger partial charge in [0.15, 0.2) is 6.04 Å². The number of nitrogens with zero attached hydrogens (tertiary/aromatic N) is 4. The molecule has 0 aliphatic heterocycles. The zero-order valence-corrected chi connectivity index (χ0v) is 18.5. The molecule has 0 saturated carbocycles. The van der Waals surface area contributed by atoms with Gasteiger partial charge in [0.2, 0.25) is 5.82 Å². The summed E-state index contributed by atoms with van der Waals surface area (Å²) in [4.78, 5) is 48.9. The average Bonchev–Trinajstić information content (AvgIpc) is 3.43. The summed E-state index contributed by atoms with van der Waals surface area (Å²) in [5.41, 5.74) is 0.290. The molecule has 2 aromatic heterocycles. The lowest BCUT2D eigenvalue weighted by Crippen LogP contribution is -2.54. The van der Waals surface area contributed by atoms with Crippen molar-refractivity contribution in [2.75, 3.05) is 5.01 Å². The number of nitrogens with one attached hydrogen (secondary N) is 1. The maximum atomic E-state index is 13.2. The number of aliphatic carboxylic acids is 1. The van der Waals surface area contributed by atoms with Crippen LogP contribution in [0.3, 0.4) is 0 Å². The molecule has 0 fully saturated rings. The maximum Gasteiger partial charge on any atom is 0.430 e. The lowest BCUT2D eigenvalue weighted by atomic mass is 10.1. The molecule has 0 radical (unpaired) electrons. The zero-order chi connectivity index (χ0) is 24.0. The molecular weight excluding hydrogens is 430 g/mol. The van der Waals surface area contributed by atoms with Crippen molar-refractivity contribution in [2.24, 2.45) is 0 Å². The van der Waals surface area contributed by atoms with Crippen LogP contribution in [0.15, 0.2) is 55.2 Å². The average molecular weight is 455 g/mol. The Morgan fingerprint density at radius 2 is 1.91 bits per heavy atom. The predicted molar refractivity (Wildman–Crippen MR) is 116 cm³/mol. The number of carboxylic acids is 1. The first kappa shape index (κ1) is 23.5. The van der Waals surface area contributed by atoms with Crippen LogP contribution in [0.25, 0.3) is 0 Å². The van der Waals surface area contributed by atoms with Crippen LogP contribution in [0.1, 0.15) is 42.6 Å². The molecule has 174 valence electrons. The van der Waals surface area contributed by atoms with Gasteiger partial charge in [0.25, 0.3) is 0 Å². The molecule has 0 aliphatic rings. The van der Waals surface area contributed by atoms with E-state index in [0.717, 1.165) is 9.69 Å². The number of carbonyl (C=O) groups excluding carboxylic acids is 2. The second-order valence-electron chi connectivity index (χ2n) is 8.10. The summed E-state index contributed by atoms with van der Waals surface area (Å²) in [5.74, 6) is -2.41. The van der Waals surface area contributed by atoms with E-state index in [1.807, 2.05) is 6.07 Å². The van der Waals surface area contributed by atoms with Crippen LogP contribution in [-0.4, -0.2) is 54.4 Å². The number of hydrogen-bond acceptors (Lipinski definition) is 7. The number of amides is 1. The van der Waals surface area contributed by atoms with Crippen LogP contribution >= 0.6 is 0 Å². The summed E-state index contributed by atoms with van der Waals surface area (Å²) in [6.07, 6.45) is 4.35. The maximum absolute atomic E-state index is 13.2. The van der Waals surface area contributed by atoms with Gasteiger partial charge in [0.05, 0.1) is 12.0 Å². The summed E-state index contributed by atoms with van der Waals surface area (Å²) in [7, 11) is 0. The molecule has 3 rings (SSSR count). The van der Waals surface area contributed by atoms with E-state index in [1.54, 1.807) is 45.0 Å². The second-order valence-corrected chi connectivity index (χ2v) is 8.10. The fourth-order valence-electron chi connectivity index (χ4n) is 2.97. The van der Waals surface area contributed by atoms with Crippen LogP contribution in [0.4, 0.5) is 4.79 Å². The molecule has 2 heterocycles. The van der Waals surface area contributed by atoms with Crippen LogP contribution in [0, 0.1) is 0 Å². The number of hydrogen-bond donors (Lipinski definition) is 2. The van der Waals surface area contributed by atoms with Crippen molar-refractivity contribution in [2.45, 2.75) is 45.4 Å². The number of aromatic amines is 1. The van der Waals surface area contributed by atoms with Gasteiger partial charge in [-0.25, -0.2) is 29.0 Å². The molecule has 1 aromatic carbocycles. The van der Waals surface area contributed by atoms with Crippen molar-refractivity contribution >= 4 is 18.0 Å². The topological polar surface area (TPSA) is 140 Å². The highest BCUT2D eigenvalue weighted by molar-refractivity contribution is 5.91. The fraction of sp³-hybridized carbons (Fsp3) is 0.318. The smallest absolute Gasteiger partial charge is 0.430 e. The van der Waals surface area contributed by atoms with Crippen LogP contribution < -0.4 is 5.01 Å². The lowest BCUT2D eigenvalue weighted by molar-refractivity contribution is -0.139. The third-order valence-electron chi connectivity index (χ3n) is 4.37.